The van der Waals surface area contributed by atoms with Crippen LogP contribution in [0.3, 0.4) is 0 Å². The Morgan fingerprint density at radius 1 is 0.941 bits per heavy atom. The lowest BCUT2D eigenvalue weighted by atomic mass is 9.93. The molecule has 0 aliphatic carbocycles. The van der Waals surface area contributed by atoms with E-state index in [2.05, 4.69) is 37.1 Å². The van der Waals surface area contributed by atoms with E-state index in [1.54, 1.807) is 0 Å². The van der Waals surface area contributed by atoms with E-state index in [9.17, 15) is 0 Å². The van der Waals surface area contributed by atoms with Crippen LogP contribution in [0.4, 0.5) is 0 Å². The Morgan fingerprint density at radius 3 is 2.71 bits per heavy atom. The summed E-state index contributed by atoms with van der Waals surface area (Å²) in [6.07, 6.45) is 0. The molecule has 0 fully saturated rings. The lowest BCUT2D eigenvalue weighted by molar-refractivity contribution is 0.657. The molecule has 2 aromatic heterocycles. The average Bonchev–Trinajstić information content (AvgIpc) is 2.85. The number of benzene rings is 2. The van der Waals surface area contributed by atoms with Crippen LogP contribution in [-0.4, -0.2) is 12.8 Å². The highest BCUT2D eigenvalue weighted by molar-refractivity contribution is 6.40. The average molecular weight is 219 g/mol. The number of furan rings is 1. The molecule has 80 valence electrons. The molecular formula is C14H10BNO. The SMILES string of the molecule is Bc1cccc2c1[nH]c1oc3ccccc3c12. The quantitative estimate of drug-likeness (QED) is 0.452. The van der Waals surface area contributed by atoms with Crippen molar-refractivity contribution in [1.82, 2.24) is 4.98 Å². The van der Waals surface area contributed by atoms with Crippen molar-refractivity contribution in [3.8, 4) is 0 Å². The van der Waals surface area contributed by atoms with E-state index in [4.69, 9.17) is 4.42 Å². The minimum atomic E-state index is 0.871. The van der Waals surface area contributed by atoms with Crippen molar-refractivity contribution < 1.29 is 4.42 Å². The normalized spacial score (nSPS) is 11.8. The molecule has 0 aliphatic heterocycles. The molecule has 1 N–H and O–H groups in total. The molecule has 2 aromatic carbocycles. The van der Waals surface area contributed by atoms with Gasteiger partial charge in [-0.05, 0) is 6.07 Å². The van der Waals surface area contributed by atoms with Crippen LogP contribution in [0.2, 0.25) is 0 Å². The molecular weight excluding hydrogens is 209 g/mol. The predicted octanol–water partition coefficient (Wildman–Crippen LogP) is 2.33. The third-order valence-electron chi connectivity index (χ3n) is 3.38. The van der Waals surface area contributed by atoms with Crippen LogP contribution in [0, 0.1) is 0 Å². The largest absolute Gasteiger partial charge is 0.440 e. The fraction of sp³-hybridized carbons (Fsp3) is 0. The number of nitrogens with one attached hydrogen (secondary N) is 1. The molecule has 0 unspecified atom stereocenters. The van der Waals surface area contributed by atoms with Crippen molar-refractivity contribution in [2.45, 2.75) is 0 Å². The van der Waals surface area contributed by atoms with Crippen LogP contribution >= 0.6 is 0 Å². The van der Waals surface area contributed by atoms with Gasteiger partial charge in [-0.3, -0.25) is 0 Å². The van der Waals surface area contributed by atoms with Gasteiger partial charge in [-0.1, -0.05) is 41.9 Å². The summed E-state index contributed by atoms with van der Waals surface area (Å²) in [6, 6.07) is 14.5. The highest BCUT2D eigenvalue weighted by atomic mass is 16.3. The summed E-state index contributed by atoms with van der Waals surface area (Å²) in [6.45, 7) is 0. The van der Waals surface area contributed by atoms with Crippen LogP contribution < -0.4 is 5.46 Å². The minimum Gasteiger partial charge on any atom is -0.440 e. The second-order valence-corrected chi connectivity index (χ2v) is 4.42. The molecule has 0 atom stereocenters. The maximum absolute atomic E-state index is 5.84. The molecule has 0 amide bonds. The second kappa shape index (κ2) is 2.95. The number of hydrogen-bond acceptors (Lipinski definition) is 1. The smallest absolute Gasteiger partial charge is 0.206 e. The van der Waals surface area contributed by atoms with Crippen molar-refractivity contribution in [1.29, 1.82) is 0 Å². The summed E-state index contributed by atoms with van der Waals surface area (Å²) in [5.41, 5.74) is 4.23. The van der Waals surface area contributed by atoms with Crippen molar-refractivity contribution in [2.75, 3.05) is 0 Å². The predicted molar refractivity (Wildman–Crippen MR) is 73.8 cm³/mol. The number of aromatic amines is 1. The van der Waals surface area contributed by atoms with Gasteiger partial charge in [-0.25, -0.2) is 0 Å². The van der Waals surface area contributed by atoms with Crippen molar-refractivity contribution >= 4 is 46.3 Å². The fourth-order valence-electron chi connectivity index (χ4n) is 2.56. The van der Waals surface area contributed by atoms with Gasteiger partial charge in [0.2, 0.25) is 5.71 Å². The second-order valence-electron chi connectivity index (χ2n) is 4.42. The van der Waals surface area contributed by atoms with Gasteiger partial charge in [0.25, 0.3) is 0 Å². The molecule has 0 aliphatic rings. The molecule has 3 heteroatoms. The molecule has 2 heterocycles. The Morgan fingerprint density at radius 2 is 1.76 bits per heavy atom. The number of rotatable bonds is 0. The van der Waals surface area contributed by atoms with E-state index in [1.807, 2.05) is 18.2 Å². The van der Waals surface area contributed by atoms with E-state index < -0.39 is 0 Å². The molecule has 4 rings (SSSR count). The van der Waals surface area contributed by atoms with Gasteiger partial charge >= 0.3 is 0 Å². The van der Waals surface area contributed by atoms with E-state index in [0.717, 1.165) is 11.3 Å². The summed E-state index contributed by atoms with van der Waals surface area (Å²) < 4.78 is 5.84. The molecule has 0 spiro atoms. The molecule has 0 bridgehead atoms. The number of hydrogen-bond donors (Lipinski definition) is 1. The van der Waals surface area contributed by atoms with E-state index in [-0.39, 0.29) is 0 Å². The van der Waals surface area contributed by atoms with Gasteiger partial charge in [0, 0.05) is 16.3 Å². The fourth-order valence-corrected chi connectivity index (χ4v) is 2.56. The molecule has 0 radical (unpaired) electrons. The van der Waals surface area contributed by atoms with Crippen molar-refractivity contribution in [3.63, 3.8) is 0 Å². The summed E-state index contributed by atoms with van der Waals surface area (Å²) in [7, 11) is 2.11. The molecule has 2 nitrogen and oxygen atoms in total. The highest BCUT2D eigenvalue weighted by Gasteiger charge is 2.12. The summed E-state index contributed by atoms with van der Waals surface area (Å²) >= 11 is 0. The molecule has 0 saturated carbocycles. The lowest BCUT2D eigenvalue weighted by Gasteiger charge is -1.95. The van der Waals surface area contributed by atoms with Crippen molar-refractivity contribution in [2.24, 2.45) is 0 Å². The van der Waals surface area contributed by atoms with E-state index in [1.165, 1.54) is 27.1 Å². The van der Waals surface area contributed by atoms with Gasteiger partial charge in [-0.2, -0.15) is 0 Å². The Bertz CT molecular complexity index is 856. The summed E-state index contributed by atoms with van der Waals surface area (Å²) in [5.74, 6) is 0. The van der Waals surface area contributed by atoms with E-state index in [0.29, 0.717) is 0 Å². The number of fused-ring (bicyclic) bond motifs is 5. The maximum atomic E-state index is 5.84. The first kappa shape index (κ1) is 8.94. The Balaban J connectivity index is 2.36. The highest BCUT2D eigenvalue weighted by Crippen LogP contribution is 2.33. The zero-order valence-electron chi connectivity index (χ0n) is 9.45. The Kier molecular flexibility index (Phi) is 1.55. The monoisotopic (exact) mass is 219 g/mol. The standard InChI is InChI=1S/C14H10BNO/c15-10-6-3-5-9-12-8-4-1-2-7-11(8)17-14(12)16-13(9)10/h1-7,16H,15H2. The first-order valence-electron chi connectivity index (χ1n) is 5.73. The summed E-state index contributed by atoms with van der Waals surface area (Å²) in [5, 5.41) is 3.61. The van der Waals surface area contributed by atoms with Crippen LogP contribution in [0.1, 0.15) is 0 Å². The Labute approximate surface area is 98.6 Å². The van der Waals surface area contributed by atoms with Gasteiger partial charge in [0.1, 0.15) is 13.4 Å². The number of aromatic nitrogens is 1. The molecule has 17 heavy (non-hydrogen) atoms. The summed E-state index contributed by atoms with van der Waals surface area (Å²) in [4.78, 5) is 3.37. The van der Waals surface area contributed by atoms with Crippen LogP contribution in [0.15, 0.2) is 46.9 Å². The Hall–Kier alpha value is -2.16. The van der Waals surface area contributed by atoms with E-state index >= 15 is 0 Å². The van der Waals surface area contributed by atoms with Gasteiger partial charge in [-0.15, -0.1) is 0 Å². The van der Waals surface area contributed by atoms with Crippen LogP contribution in [-0.2, 0) is 0 Å². The minimum absolute atomic E-state index is 0.871. The third kappa shape index (κ3) is 1.06. The van der Waals surface area contributed by atoms with Gasteiger partial charge < -0.3 is 9.40 Å². The lowest BCUT2D eigenvalue weighted by Crippen LogP contribution is -2.02. The zero-order chi connectivity index (χ0) is 11.4. The molecule has 0 saturated heterocycles. The van der Waals surface area contributed by atoms with Gasteiger partial charge in [0.15, 0.2) is 0 Å². The topological polar surface area (TPSA) is 28.9 Å². The van der Waals surface area contributed by atoms with Crippen LogP contribution in [0.5, 0.6) is 0 Å². The maximum Gasteiger partial charge on any atom is 0.206 e. The first-order chi connectivity index (χ1) is 8.34. The zero-order valence-corrected chi connectivity index (χ0v) is 9.45. The first-order valence-corrected chi connectivity index (χ1v) is 5.73. The molecule has 4 aromatic rings. The van der Waals surface area contributed by atoms with Gasteiger partial charge in [0.05, 0.1) is 5.39 Å². The number of para-hydroxylation sites is 2. The van der Waals surface area contributed by atoms with Crippen LogP contribution in [0.25, 0.3) is 33.0 Å². The van der Waals surface area contributed by atoms with Crippen molar-refractivity contribution in [3.05, 3.63) is 42.5 Å². The number of H-pyrrole nitrogens is 1. The third-order valence-corrected chi connectivity index (χ3v) is 3.38.